The average molecular weight is 472 g/mol. The molecule has 1 aromatic heterocycles. The largest absolute Gasteiger partial charge is 0.309 e. The molecule has 0 saturated carbocycles. The minimum Gasteiger partial charge on any atom is -0.309 e. The predicted octanol–water partition coefficient (Wildman–Crippen LogP) is 9.78. The summed E-state index contributed by atoms with van der Waals surface area (Å²) in [7, 11) is 0. The van der Waals surface area contributed by atoms with E-state index in [2.05, 4.69) is 156 Å². The Labute approximate surface area is 216 Å². The fourth-order valence-electron chi connectivity index (χ4n) is 5.44. The molecule has 0 aliphatic carbocycles. The molecule has 0 aliphatic heterocycles. The summed E-state index contributed by atoms with van der Waals surface area (Å²) in [5.41, 5.74) is 11.0. The maximum absolute atomic E-state index is 2.39. The first-order valence-corrected chi connectivity index (χ1v) is 12.7. The lowest BCUT2D eigenvalue weighted by Crippen LogP contribution is -1.93. The van der Waals surface area contributed by atoms with Crippen molar-refractivity contribution in [3.63, 3.8) is 0 Å². The van der Waals surface area contributed by atoms with E-state index in [4.69, 9.17) is 0 Å². The van der Waals surface area contributed by atoms with Crippen molar-refractivity contribution in [2.75, 3.05) is 0 Å². The van der Waals surface area contributed by atoms with Crippen molar-refractivity contribution < 1.29 is 0 Å². The summed E-state index contributed by atoms with van der Waals surface area (Å²) in [4.78, 5) is 0. The Hall–Kier alpha value is -4.88. The zero-order chi connectivity index (χ0) is 24.6. The minimum atomic E-state index is 1.17. The van der Waals surface area contributed by atoms with E-state index in [-0.39, 0.29) is 0 Å². The van der Waals surface area contributed by atoms with Gasteiger partial charge in [-0.15, -0.1) is 0 Å². The zero-order valence-electron chi connectivity index (χ0n) is 20.4. The molecule has 37 heavy (non-hydrogen) atoms. The number of aromatic nitrogens is 1. The molecular weight excluding hydrogens is 446 g/mol. The van der Waals surface area contributed by atoms with E-state index in [0.717, 1.165) is 0 Å². The van der Waals surface area contributed by atoms with Crippen LogP contribution in [0.3, 0.4) is 0 Å². The van der Waals surface area contributed by atoms with Gasteiger partial charge < -0.3 is 4.57 Å². The van der Waals surface area contributed by atoms with Gasteiger partial charge in [0.1, 0.15) is 0 Å². The lowest BCUT2D eigenvalue weighted by molar-refractivity contribution is 1.18. The molecule has 1 nitrogen and oxygen atoms in total. The standard InChI is InChI=1S/C36H25N/c1-3-10-26(11-4-1)28-18-20-30(21-19-28)32-15-9-17-35-36(32)33-14-7-8-16-34(33)37(35)31-24-22-29(23-25-31)27-12-5-2-6-13-27/h1-25H. The summed E-state index contributed by atoms with van der Waals surface area (Å²) in [6.07, 6.45) is 0. The summed E-state index contributed by atoms with van der Waals surface area (Å²) < 4.78 is 2.39. The van der Waals surface area contributed by atoms with Crippen molar-refractivity contribution in [2.45, 2.75) is 0 Å². The van der Waals surface area contributed by atoms with Crippen LogP contribution in [0.1, 0.15) is 0 Å². The van der Waals surface area contributed by atoms with Crippen molar-refractivity contribution in [3.8, 4) is 39.1 Å². The highest BCUT2D eigenvalue weighted by Gasteiger charge is 2.16. The van der Waals surface area contributed by atoms with Gasteiger partial charge in [0.15, 0.2) is 0 Å². The van der Waals surface area contributed by atoms with Crippen molar-refractivity contribution in [2.24, 2.45) is 0 Å². The fraction of sp³-hybridized carbons (Fsp3) is 0. The number of para-hydroxylation sites is 1. The molecule has 0 spiro atoms. The smallest absolute Gasteiger partial charge is 0.0547 e. The van der Waals surface area contributed by atoms with Gasteiger partial charge in [0.05, 0.1) is 11.0 Å². The summed E-state index contributed by atoms with van der Waals surface area (Å²) in [5, 5.41) is 2.56. The maximum Gasteiger partial charge on any atom is 0.0547 e. The molecule has 0 aliphatic rings. The van der Waals surface area contributed by atoms with Crippen molar-refractivity contribution in [3.05, 3.63) is 152 Å². The van der Waals surface area contributed by atoms with Crippen LogP contribution < -0.4 is 0 Å². The van der Waals surface area contributed by atoms with Gasteiger partial charge in [-0.1, -0.05) is 127 Å². The Morgan fingerprint density at radius 1 is 0.324 bits per heavy atom. The van der Waals surface area contributed by atoms with Crippen LogP contribution in [0.4, 0.5) is 0 Å². The van der Waals surface area contributed by atoms with Gasteiger partial charge in [-0.05, 0) is 57.6 Å². The van der Waals surface area contributed by atoms with Gasteiger partial charge in [-0.2, -0.15) is 0 Å². The quantitative estimate of drug-likeness (QED) is 0.241. The molecule has 1 heterocycles. The first kappa shape index (κ1) is 21.4. The number of hydrogen-bond donors (Lipinski definition) is 0. The first-order valence-electron chi connectivity index (χ1n) is 12.7. The molecule has 0 N–H and O–H groups in total. The fourth-order valence-corrected chi connectivity index (χ4v) is 5.44. The molecular formula is C36H25N. The first-order chi connectivity index (χ1) is 18.4. The Kier molecular flexibility index (Phi) is 5.19. The highest BCUT2D eigenvalue weighted by Crippen LogP contribution is 2.39. The molecule has 0 saturated heterocycles. The van der Waals surface area contributed by atoms with E-state index >= 15 is 0 Å². The van der Waals surface area contributed by atoms with Gasteiger partial charge in [0.2, 0.25) is 0 Å². The second-order valence-electron chi connectivity index (χ2n) is 9.41. The topological polar surface area (TPSA) is 4.93 Å². The van der Waals surface area contributed by atoms with Gasteiger partial charge in [0, 0.05) is 16.5 Å². The molecule has 7 rings (SSSR count). The van der Waals surface area contributed by atoms with Crippen LogP contribution in [0.5, 0.6) is 0 Å². The number of nitrogens with zero attached hydrogens (tertiary/aromatic N) is 1. The van der Waals surface area contributed by atoms with E-state index in [1.54, 1.807) is 0 Å². The van der Waals surface area contributed by atoms with Crippen LogP contribution >= 0.6 is 0 Å². The van der Waals surface area contributed by atoms with Gasteiger partial charge >= 0.3 is 0 Å². The van der Waals surface area contributed by atoms with E-state index in [1.165, 1.54) is 60.9 Å². The lowest BCUT2D eigenvalue weighted by atomic mass is 9.97. The second-order valence-corrected chi connectivity index (χ2v) is 9.41. The third-order valence-corrected chi connectivity index (χ3v) is 7.23. The van der Waals surface area contributed by atoms with E-state index in [9.17, 15) is 0 Å². The van der Waals surface area contributed by atoms with Crippen LogP contribution in [-0.4, -0.2) is 4.57 Å². The molecule has 7 aromatic rings. The zero-order valence-corrected chi connectivity index (χ0v) is 20.4. The Morgan fingerprint density at radius 3 is 1.46 bits per heavy atom. The maximum atomic E-state index is 2.39. The van der Waals surface area contributed by atoms with Crippen LogP contribution in [0.25, 0.3) is 60.9 Å². The third kappa shape index (κ3) is 3.73. The monoisotopic (exact) mass is 471 g/mol. The molecule has 0 bridgehead atoms. The highest BCUT2D eigenvalue weighted by atomic mass is 15.0. The molecule has 0 fully saturated rings. The van der Waals surface area contributed by atoms with Crippen LogP contribution in [0, 0.1) is 0 Å². The van der Waals surface area contributed by atoms with E-state index in [0.29, 0.717) is 0 Å². The normalized spacial score (nSPS) is 11.2. The van der Waals surface area contributed by atoms with Crippen molar-refractivity contribution >= 4 is 21.8 Å². The van der Waals surface area contributed by atoms with Gasteiger partial charge in [0.25, 0.3) is 0 Å². The summed E-state index contributed by atoms with van der Waals surface area (Å²) in [5.74, 6) is 0. The van der Waals surface area contributed by atoms with Gasteiger partial charge in [-0.3, -0.25) is 0 Å². The summed E-state index contributed by atoms with van der Waals surface area (Å²) in [6.45, 7) is 0. The van der Waals surface area contributed by atoms with E-state index in [1.807, 2.05) is 0 Å². The Bertz CT molecular complexity index is 1830. The summed E-state index contributed by atoms with van der Waals surface area (Å²) >= 11 is 0. The lowest BCUT2D eigenvalue weighted by Gasteiger charge is -2.10. The molecule has 0 unspecified atom stereocenters. The third-order valence-electron chi connectivity index (χ3n) is 7.23. The molecule has 6 aromatic carbocycles. The highest BCUT2D eigenvalue weighted by molar-refractivity contribution is 6.15. The molecule has 0 radical (unpaired) electrons. The number of benzene rings is 6. The van der Waals surface area contributed by atoms with E-state index < -0.39 is 0 Å². The van der Waals surface area contributed by atoms with Crippen molar-refractivity contribution in [1.82, 2.24) is 4.57 Å². The SMILES string of the molecule is c1ccc(-c2ccc(-c3cccc4c3c3ccccc3n4-c3ccc(-c4ccccc4)cc3)cc2)cc1. The molecule has 0 amide bonds. The van der Waals surface area contributed by atoms with Crippen LogP contribution in [0.2, 0.25) is 0 Å². The van der Waals surface area contributed by atoms with Gasteiger partial charge in [-0.25, -0.2) is 0 Å². The molecule has 174 valence electrons. The molecule has 1 heteroatoms. The Balaban J connectivity index is 1.38. The van der Waals surface area contributed by atoms with Crippen LogP contribution in [-0.2, 0) is 0 Å². The number of hydrogen-bond acceptors (Lipinski definition) is 0. The second kappa shape index (κ2) is 8.96. The summed E-state index contributed by atoms with van der Waals surface area (Å²) in [6, 6.07) is 54.4. The van der Waals surface area contributed by atoms with Crippen LogP contribution in [0.15, 0.2) is 152 Å². The molecule has 0 atom stereocenters. The number of fused-ring (bicyclic) bond motifs is 3. The van der Waals surface area contributed by atoms with Crippen molar-refractivity contribution in [1.29, 1.82) is 0 Å². The predicted molar refractivity (Wildman–Crippen MR) is 157 cm³/mol. The number of rotatable bonds is 4. The Morgan fingerprint density at radius 2 is 0.811 bits per heavy atom. The average Bonchev–Trinajstić information content (AvgIpc) is 3.33. The minimum absolute atomic E-state index is 1.17.